The molecule has 7 nitrogen and oxygen atoms in total. The van der Waals surface area contributed by atoms with E-state index in [2.05, 4.69) is 5.32 Å². The van der Waals surface area contributed by atoms with Gasteiger partial charge in [0, 0.05) is 5.56 Å². The van der Waals surface area contributed by atoms with Crippen LogP contribution in [0.15, 0.2) is 51.7 Å². The second-order valence-corrected chi connectivity index (χ2v) is 8.72. The average Bonchev–Trinajstić information content (AvgIpc) is 2.79. The summed E-state index contributed by atoms with van der Waals surface area (Å²) in [5, 5.41) is 3.17. The van der Waals surface area contributed by atoms with Crippen molar-refractivity contribution in [2.24, 2.45) is 0 Å². The molecule has 1 atom stereocenters. The van der Waals surface area contributed by atoms with Gasteiger partial charge in [-0.05, 0) is 68.0 Å². The zero-order chi connectivity index (χ0) is 24.0. The van der Waals surface area contributed by atoms with Crippen LogP contribution in [0.1, 0.15) is 28.7 Å². The molecular weight excluding hydrogens is 442 g/mol. The Bertz CT molecular complexity index is 1200. The fraction of sp³-hybridized carbons (Fsp3) is 0.320. The number of nitrogens with one attached hydrogen (secondary N) is 1. The van der Waals surface area contributed by atoms with Gasteiger partial charge in [-0.3, -0.25) is 0 Å². The maximum Gasteiger partial charge on any atom is 0.408 e. The van der Waals surface area contributed by atoms with Crippen LogP contribution in [0.3, 0.4) is 0 Å². The van der Waals surface area contributed by atoms with Gasteiger partial charge in [0.15, 0.2) is 0 Å². The van der Waals surface area contributed by atoms with Gasteiger partial charge in [-0.25, -0.2) is 14.4 Å². The average molecular weight is 470 g/mol. The van der Waals surface area contributed by atoms with Gasteiger partial charge >= 0.3 is 17.7 Å². The molecule has 0 radical (unpaired) electrons. The monoisotopic (exact) mass is 469 g/mol. The number of fused-ring (bicyclic) bond motifs is 1. The Kier molecular flexibility index (Phi) is 8.16. The lowest BCUT2D eigenvalue weighted by Crippen LogP contribution is -2.43. The maximum atomic E-state index is 13.1. The number of hydrogen-bond acceptors (Lipinski definition) is 7. The highest BCUT2D eigenvalue weighted by atomic mass is 32.2. The van der Waals surface area contributed by atoms with Gasteiger partial charge < -0.3 is 19.2 Å². The third-order valence-electron chi connectivity index (χ3n) is 5.27. The molecule has 1 N–H and O–H groups in total. The summed E-state index contributed by atoms with van der Waals surface area (Å²) in [6.07, 6.45) is 1.59. The van der Waals surface area contributed by atoms with Gasteiger partial charge in [0.1, 0.15) is 24.0 Å². The third kappa shape index (κ3) is 6.16. The Hall–Kier alpha value is -3.26. The van der Waals surface area contributed by atoms with Crippen LogP contribution in [-0.4, -0.2) is 30.1 Å². The number of hydrogen-bond donors (Lipinski definition) is 1. The minimum atomic E-state index is -0.895. The number of esters is 1. The van der Waals surface area contributed by atoms with E-state index >= 15 is 0 Å². The molecule has 1 amide bonds. The fourth-order valence-electron chi connectivity index (χ4n) is 3.34. The summed E-state index contributed by atoms with van der Waals surface area (Å²) in [4.78, 5) is 37.5. The first-order chi connectivity index (χ1) is 15.8. The largest absolute Gasteiger partial charge is 0.445 e. The SMILES string of the molecule is CSCC[C@@H](NC(=O)OCc1ccccc1)C(=O)Oc1cc(C)cc2oc(=O)c(C)c(C)c12. The predicted molar refractivity (Wildman–Crippen MR) is 129 cm³/mol. The van der Waals surface area contributed by atoms with Crippen LogP contribution in [0.4, 0.5) is 4.79 Å². The van der Waals surface area contributed by atoms with Crippen LogP contribution in [0.5, 0.6) is 5.75 Å². The van der Waals surface area contributed by atoms with E-state index in [4.69, 9.17) is 13.9 Å². The number of alkyl carbamates (subject to hydrolysis) is 1. The molecule has 2 aromatic carbocycles. The molecule has 0 bridgehead atoms. The quantitative estimate of drug-likeness (QED) is 0.291. The zero-order valence-corrected chi connectivity index (χ0v) is 19.9. The summed E-state index contributed by atoms with van der Waals surface area (Å²) in [6, 6.07) is 11.8. The van der Waals surface area contributed by atoms with Gasteiger partial charge in [0.05, 0.1) is 5.39 Å². The molecule has 3 rings (SSSR count). The fourth-order valence-corrected chi connectivity index (χ4v) is 3.81. The molecular formula is C25H27NO6S. The summed E-state index contributed by atoms with van der Waals surface area (Å²) in [5.74, 6) is 0.309. The van der Waals surface area contributed by atoms with E-state index in [9.17, 15) is 14.4 Å². The molecule has 8 heteroatoms. The first-order valence-electron chi connectivity index (χ1n) is 10.5. The molecule has 0 saturated carbocycles. The predicted octanol–water partition coefficient (Wildman–Crippen LogP) is 4.67. The molecule has 1 aromatic heterocycles. The van der Waals surface area contributed by atoms with Crippen molar-refractivity contribution in [3.8, 4) is 5.75 Å². The van der Waals surface area contributed by atoms with E-state index in [0.717, 1.165) is 11.1 Å². The van der Waals surface area contributed by atoms with Crippen molar-refractivity contribution in [3.05, 3.63) is 75.1 Å². The van der Waals surface area contributed by atoms with Crippen LogP contribution in [0, 0.1) is 20.8 Å². The zero-order valence-electron chi connectivity index (χ0n) is 19.1. The number of ether oxygens (including phenoxy) is 2. The van der Waals surface area contributed by atoms with Crippen molar-refractivity contribution in [3.63, 3.8) is 0 Å². The summed E-state index contributed by atoms with van der Waals surface area (Å²) in [7, 11) is 0. The van der Waals surface area contributed by atoms with E-state index in [-0.39, 0.29) is 12.4 Å². The Morgan fingerprint density at radius 2 is 1.82 bits per heavy atom. The lowest BCUT2D eigenvalue weighted by molar-refractivity contribution is -0.136. The topological polar surface area (TPSA) is 94.8 Å². The van der Waals surface area contributed by atoms with Crippen molar-refractivity contribution in [1.29, 1.82) is 0 Å². The highest BCUT2D eigenvalue weighted by Crippen LogP contribution is 2.31. The number of aryl methyl sites for hydroxylation is 2. The van der Waals surface area contributed by atoms with Crippen LogP contribution in [-0.2, 0) is 16.1 Å². The number of carbonyl (C=O) groups excluding carboxylic acids is 2. The first kappa shape index (κ1) is 24.4. The van der Waals surface area contributed by atoms with E-state index in [0.29, 0.717) is 34.3 Å². The lowest BCUT2D eigenvalue weighted by Gasteiger charge is -2.18. The van der Waals surface area contributed by atoms with E-state index in [1.54, 1.807) is 37.7 Å². The molecule has 3 aromatic rings. The number of carbonyl (C=O) groups is 2. The summed E-state index contributed by atoms with van der Waals surface area (Å²) < 4.78 is 16.4. The standard InChI is InChI=1S/C25H27NO6S/c1-15-12-20-22(16(2)17(3)23(27)31-20)21(13-15)32-24(28)19(10-11-33-4)26-25(29)30-14-18-8-6-5-7-9-18/h5-9,12-13,19H,10-11,14H2,1-4H3,(H,26,29)/t19-/m1/s1. The van der Waals surface area contributed by atoms with Gasteiger partial charge in [-0.15, -0.1) is 0 Å². The van der Waals surface area contributed by atoms with E-state index in [1.165, 1.54) is 0 Å². The maximum absolute atomic E-state index is 13.1. The highest BCUT2D eigenvalue weighted by molar-refractivity contribution is 7.98. The van der Waals surface area contributed by atoms with Crippen molar-refractivity contribution in [1.82, 2.24) is 5.32 Å². The Morgan fingerprint density at radius 3 is 2.52 bits per heavy atom. The Balaban J connectivity index is 1.80. The number of benzene rings is 2. The lowest BCUT2D eigenvalue weighted by atomic mass is 10.0. The molecule has 0 saturated heterocycles. The highest BCUT2D eigenvalue weighted by Gasteiger charge is 2.25. The van der Waals surface area contributed by atoms with Gasteiger partial charge in [0.25, 0.3) is 0 Å². The van der Waals surface area contributed by atoms with E-state index < -0.39 is 23.7 Å². The number of amides is 1. The molecule has 0 fully saturated rings. The van der Waals surface area contributed by atoms with Crippen molar-refractivity contribution in [2.45, 2.75) is 39.8 Å². The summed E-state index contributed by atoms with van der Waals surface area (Å²) in [5.41, 5.74) is 2.66. The second-order valence-electron chi connectivity index (χ2n) is 7.74. The Labute approximate surface area is 196 Å². The van der Waals surface area contributed by atoms with Crippen LogP contribution in [0.25, 0.3) is 11.0 Å². The van der Waals surface area contributed by atoms with Crippen LogP contribution in [0.2, 0.25) is 0 Å². The molecule has 0 aliphatic rings. The van der Waals surface area contributed by atoms with Crippen molar-refractivity contribution < 1.29 is 23.5 Å². The molecule has 0 aliphatic carbocycles. The second kappa shape index (κ2) is 11.0. The molecule has 0 spiro atoms. The third-order valence-corrected chi connectivity index (χ3v) is 5.91. The molecule has 0 unspecified atom stereocenters. The molecule has 33 heavy (non-hydrogen) atoms. The van der Waals surface area contributed by atoms with Crippen LogP contribution < -0.4 is 15.7 Å². The minimum absolute atomic E-state index is 0.0942. The number of thioether (sulfide) groups is 1. The normalized spacial score (nSPS) is 11.8. The molecule has 0 aliphatic heterocycles. The smallest absolute Gasteiger partial charge is 0.408 e. The molecule has 174 valence electrons. The minimum Gasteiger partial charge on any atom is -0.445 e. The van der Waals surface area contributed by atoms with Gasteiger partial charge in [-0.1, -0.05) is 30.3 Å². The van der Waals surface area contributed by atoms with Gasteiger partial charge in [0.2, 0.25) is 0 Å². The van der Waals surface area contributed by atoms with Crippen LogP contribution >= 0.6 is 11.8 Å². The molecule has 1 heterocycles. The van der Waals surface area contributed by atoms with Crippen molar-refractivity contribution >= 4 is 34.8 Å². The van der Waals surface area contributed by atoms with Crippen molar-refractivity contribution in [2.75, 3.05) is 12.0 Å². The summed E-state index contributed by atoms with van der Waals surface area (Å²) >= 11 is 1.55. The van der Waals surface area contributed by atoms with E-state index in [1.807, 2.05) is 43.5 Å². The number of rotatable bonds is 8. The summed E-state index contributed by atoms with van der Waals surface area (Å²) in [6.45, 7) is 5.36. The Morgan fingerprint density at radius 1 is 1.09 bits per heavy atom. The van der Waals surface area contributed by atoms with Gasteiger partial charge in [-0.2, -0.15) is 11.8 Å². The first-order valence-corrected chi connectivity index (χ1v) is 11.9.